The van der Waals surface area contributed by atoms with Crippen LogP contribution in [0.3, 0.4) is 0 Å². The summed E-state index contributed by atoms with van der Waals surface area (Å²) in [6, 6.07) is 10.7. The molecule has 1 aliphatic heterocycles. The van der Waals surface area contributed by atoms with E-state index in [0.29, 0.717) is 11.1 Å². The van der Waals surface area contributed by atoms with E-state index in [4.69, 9.17) is 4.74 Å². The Hall–Kier alpha value is -2.69. The monoisotopic (exact) mass is 329 g/mol. The summed E-state index contributed by atoms with van der Waals surface area (Å²) in [6.45, 7) is 1.95. The van der Waals surface area contributed by atoms with Gasteiger partial charge in [-0.25, -0.2) is 8.78 Å². The van der Waals surface area contributed by atoms with Gasteiger partial charge in [0.1, 0.15) is 12.4 Å². The molecule has 0 N–H and O–H groups in total. The normalized spacial score (nSPS) is 14.2. The van der Waals surface area contributed by atoms with Crippen LogP contribution in [0.25, 0.3) is 6.08 Å². The van der Waals surface area contributed by atoms with Crippen LogP contribution in [0.1, 0.15) is 24.1 Å². The Morgan fingerprint density at radius 2 is 1.92 bits per heavy atom. The third kappa shape index (κ3) is 3.02. The Morgan fingerprint density at radius 1 is 1.17 bits per heavy atom. The minimum atomic E-state index is -0.922. The number of carbonyl (C=O) groups is 1. The number of ether oxygens (including phenoxy) is 1. The number of hydrogen-bond donors (Lipinski definition) is 0. The molecule has 1 amide bonds. The van der Waals surface area contributed by atoms with Gasteiger partial charge in [-0.2, -0.15) is 0 Å². The van der Waals surface area contributed by atoms with E-state index in [-0.39, 0.29) is 12.5 Å². The van der Waals surface area contributed by atoms with Crippen LogP contribution in [0, 0.1) is 11.6 Å². The third-order valence-electron chi connectivity index (χ3n) is 4.23. The Bertz CT molecular complexity index is 817. The van der Waals surface area contributed by atoms with Gasteiger partial charge in [0, 0.05) is 12.6 Å². The van der Waals surface area contributed by atoms with Gasteiger partial charge in [-0.05, 0) is 36.8 Å². The van der Waals surface area contributed by atoms with Crippen LogP contribution < -0.4 is 4.74 Å². The largest absolute Gasteiger partial charge is 0.488 e. The lowest BCUT2D eigenvalue weighted by atomic mass is 10.0. The molecule has 0 aliphatic carbocycles. The highest BCUT2D eigenvalue weighted by Crippen LogP contribution is 2.28. The van der Waals surface area contributed by atoms with Crippen LogP contribution in [0.2, 0.25) is 0 Å². The topological polar surface area (TPSA) is 29.5 Å². The van der Waals surface area contributed by atoms with Crippen LogP contribution in [0.5, 0.6) is 5.75 Å². The summed E-state index contributed by atoms with van der Waals surface area (Å²) in [5.41, 5.74) is 1.90. The minimum absolute atomic E-state index is 0.185. The molecule has 0 aromatic heterocycles. The highest BCUT2D eigenvalue weighted by molar-refractivity contribution is 5.99. The molecule has 3 rings (SSSR count). The van der Waals surface area contributed by atoms with E-state index in [1.165, 1.54) is 11.0 Å². The summed E-state index contributed by atoms with van der Waals surface area (Å²) in [6.07, 6.45) is 1.80. The molecule has 24 heavy (non-hydrogen) atoms. The van der Waals surface area contributed by atoms with Gasteiger partial charge in [-0.15, -0.1) is 0 Å². The van der Waals surface area contributed by atoms with Crippen LogP contribution in [-0.2, 0) is 4.79 Å². The SMILES string of the molecule is CC(c1ccc(F)c(F)c1)N(C)C(=O)C1=Cc2ccccc2OC1. The first-order valence-corrected chi connectivity index (χ1v) is 7.62. The Labute approximate surface area is 139 Å². The molecule has 1 aliphatic rings. The molecular formula is C19H17F2NO2. The molecule has 3 nitrogen and oxygen atoms in total. The van der Waals surface area contributed by atoms with Gasteiger partial charge in [0.15, 0.2) is 11.6 Å². The van der Waals surface area contributed by atoms with E-state index >= 15 is 0 Å². The summed E-state index contributed by atoms with van der Waals surface area (Å²) in [7, 11) is 1.63. The lowest BCUT2D eigenvalue weighted by molar-refractivity contribution is -0.128. The molecule has 2 aromatic rings. The quantitative estimate of drug-likeness (QED) is 0.853. The fraction of sp³-hybridized carbons (Fsp3) is 0.211. The lowest BCUT2D eigenvalue weighted by Gasteiger charge is -2.28. The Morgan fingerprint density at radius 3 is 2.67 bits per heavy atom. The average molecular weight is 329 g/mol. The van der Waals surface area contributed by atoms with Gasteiger partial charge in [-0.3, -0.25) is 4.79 Å². The average Bonchev–Trinajstić information content (AvgIpc) is 2.61. The molecule has 5 heteroatoms. The first kappa shape index (κ1) is 16.2. The second kappa shape index (κ2) is 6.43. The third-order valence-corrected chi connectivity index (χ3v) is 4.23. The second-order valence-electron chi connectivity index (χ2n) is 5.76. The number of amides is 1. The first-order chi connectivity index (χ1) is 11.5. The number of benzene rings is 2. The second-order valence-corrected chi connectivity index (χ2v) is 5.76. The Balaban J connectivity index is 1.82. The molecule has 1 unspecified atom stereocenters. The van der Waals surface area contributed by atoms with Crippen molar-refractivity contribution in [2.24, 2.45) is 0 Å². The van der Waals surface area contributed by atoms with Crippen LogP contribution in [0.4, 0.5) is 8.78 Å². The van der Waals surface area contributed by atoms with E-state index in [1.807, 2.05) is 24.3 Å². The maximum Gasteiger partial charge on any atom is 0.253 e. The fourth-order valence-corrected chi connectivity index (χ4v) is 2.64. The van der Waals surface area contributed by atoms with Crippen molar-refractivity contribution in [3.8, 4) is 5.75 Å². The standard InChI is InChI=1S/C19H17F2NO2/c1-12(13-7-8-16(20)17(21)10-13)22(2)19(23)15-9-14-5-3-4-6-18(14)24-11-15/h3-10,12H,11H2,1-2H3. The molecule has 0 saturated heterocycles. The number of para-hydroxylation sites is 1. The predicted octanol–water partition coefficient (Wildman–Crippen LogP) is 3.96. The summed E-state index contributed by atoms with van der Waals surface area (Å²) < 4.78 is 32.1. The zero-order chi connectivity index (χ0) is 17.3. The highest BCUT2D eigenvalue weighted by atomic mass is 19.2. The number of carbonyl (C=O) groups excluding carboxylic acids is 1. The van der Waals surface area contributed by atoms with Crippen LogP contribution in [0.15, 0.2) is 48.0 Å². The predicted molar refractivity (Wildman–Crippen MR) is 87.5 cm³/mol. The van der Waals surface area contributed by atoms with Crippen molar-refractivity contribution in [1.29, 1.82) is 0 Å². The van der Waals surface area contributed by atoms with Crippen LogP contribution in [-0.4, -0.2) is 24.5 Å². The number of hydrogen-bond acceptors (Lipinski definition) is 2. The zero-order valence-corrected chi connectivity index (χ0v) is 13.4. The van der Waals surface area contributed by atoms with Gasteiger partial charge < -0.3 is 9.64 Å². The van der Waals surface area contributed by atoms with Crippen molar-refractivity contribution in [3.63, 3.8) is 0 Å². The molecule has 0 bridgehead atoms. The van der Waals surface area contributed by atoms with Crippen molar-refractivity contribution < 1.29 is 18.3 Å². The van der Waals surface area contributed by atoms with Crippen molar-refractivity contribution in [1.82, 2.24) is 4.90 Å². The Kier molecular flexibility index (Phi) is 4.34. The van der Waals surface area contributed by atoms with Gasteiger partial charge in [0.25, 0.3) is 5.91 Å². The highest BCUT2D eigenvalue weighted by Gasteiger charge is 2.24. The molecule has 0 radical (unpaired) electrons. The minimum Gasteiger partial charge on any atom is -0.488 e. The maximum atomic E-state index is 13.4. The van der Waals surface area contributed by atoms with Gasteiger partial charge in [0.2, 0.25) is 0 Å². The van der Waals surface area contributed by atoms with Crippen LogP contribution >= 0.6 is 0 Å². The van der Waals surface area contributed by atoms with Gasteiger partial charge in [0.05, 0.1) is 11.6 Å². The molecule has 0 fully saturated rings. The molecule has 0 spiro atoms. The number of rotatable bonds is 3. The molecule has 1 atom stereocenters. The molecule has 124 valence electrons. The van der Waals surface area contributed by atoms with Gasteiger partial charge >= 0.3 is 0 Å². The molecular weight excluding hydrogens is 312 g/mol. The van der Waals surface area contributed by atoms with Crippen molar-refractivity contribution >= 4 is 12.0 Å². The van der Waals surface area contributed by atoms with Crippen molar-refractivity contribution in [2.45, 2.75) is 13.0 Å². The summed E-state index contributed by atoms with van der Waals surface area (Å²) >= 11 is 0. The number of halogens is 2. The zero-order valence-electron chi connectivity index (χ0n) is 13.4. The smallest absolute Gasteiger partial charge is 0.253 e. The number of likely N-dealkylation sites (N-methyl/N-ethyl adjacent to an activating group) is 1. The van der Waals surface area contributed by atoms with E-state index in [9.17, 15) is 13.6 Å². The summed E-state index contributed by atoms with van der Waals surface area (Å²) in [5, 5.41) is 0. The summed E-state index contributed by atoms with van der Waals surface area (Å²) in [4.78, 5) is 14.2. The molecule has 1 heterocycles. The van der Waals surface area contributed by atoms with Gasteiger partial charge in [-0.1, -0.05) is 24.3 Å². The summed E-state index contributed by atoms with van der Waals surface area (Å²) in [5.74, 6) is -1.29. The number of fused-ring (bicyclic) bond motifs is 1. The van der Waals surface area contributed by atoms with Crippen molar-refractivity contribution in [2.75, 3.05) is 13.7 Å². The van der Waals surface area contributed by atoms with E-state index in [2.05, 4.69) is 0 Å². The van der Waals surface area contributed by atoms with E-state index < -0.39 is 17.7 Å². The fourth-order valence-electron chi connectivity index (χ4n) is 2.64. The van der Waals surface area contributed by atoms with E-state index in [0.717, 1.165) is 23.4 Å². The first-order valence-electron chi connectivity index (χ1n) is 7.62. The maximum absolute atomic E-state index is 13.4. The number of nitrogens with zero attached hydrogens (tertiary/aromatic N) is 1. The van der Waals surface area contributed by atoms with E-state index in [1.54, 1.807) is 20.0 Å². The van der Waals surface area contributed by atoms with Crippen molar-refractivity contribution in [3.05, 3.63) is 70.8 Å². The molecule has 2 aromatic carbocycles. The molecule has 0 saturated carbocycles. The lowest BCUT2D eigenvalue weighted by Crippen LogP contribution is -2.33.